The number of nitrogens with one attached hydrogen (secondary N) is 1. The topological polar surface area (TPSA) is 89.3 Å². The van der Waals surface area contributed by atoms with Crippen molar-refractivity contribution < 1.29 is 23.4 Å². The zero-order valence-electron chi connectivity index (χ0n) is 19.0. The monoisotopic (exact) mass is 466 g/mol. The minimum Gasteiger partial charge on any atom is -0.493 e. The number of carboxylic acid groups (broad SMARTS) is 1. The van der Waals surface area contributed by atoms with Gasteiger partial charge in [-0.3, -0.25) is 0 Å². The fourth-order valence-electron chi connectivity index (χ4n) is 4.00. The van der Waals surface area contributed by atoms with Crippen LogP contribution in [0.25, 0.3) is 22.2 Å². The highest BCUT2D eigenvalue weighted by Crippen LogP contribution is 2.30. The second-order valence-corrected chi connectivity index (χ2v) is 7.85. The van der Waals surface area contributed by atoms with Crippen molar-refractivity contribution >= 4 is 22.7 Å². The second kappa shape index (κ2) is 9.46. The van der Waals surface area contributed by atoms with Gasteiger partial charge in [-0.05, 0) is 50.6 Å². The third-order valence-corrected chi connectivity index (χ3v) is 5.61. The highest BCUT2D eigenvalue weighted by Gasteiger charge is 2.20. The Bertz CT molecular complexity index is 1380. The molecule has 2 heterocycles. The van der Waals surface area contributed by atoms with Gasteiger partial charge in [0.15, 0.2) is 0 Å². The van der Waals surface area contributed by atoms with Crippen LogP contribution in [0.2, 0.25) is 0 Å². The van der Waals surface area contributed by atoms with Gasteiger partial charge in [-0.2, -0.15) is 0 Å². The van der Waals surface area contributed by atoms with Gasteiger partial charge in [-0.1, -0.05) is 6.07 Å². The molecule has 0 unspecified atom stereocenters. The molecule has 0 saturated carbocycles. The molecule has 0 spiro atoms. The van der Waals surface area contributed by atoms with Gasteiger partial charge in [0.25, 0.3) is 0 Å². The van der Waals surface area contributed by atoms with Gasteiger partial charge in [-0.15, -0.1) is 0 Å². The van der Waals surface area contributed by atoms with Gasteiger partial charge < -0.3 is 19.7 Å². The summed E-state index contributed by atoms with van der Waals surface area (Å²) in [5.74, 6) is -2.15. The number of anilines is 1. The van der Waals surface area contributed by atoms with E-state index >= 15 is 0 Å². The van der Waals surface area contributed by atoms with Crippen molar-refractivity contribution in [2.75, 3.05) is 18.5 Å². The number of benzene rings is 2. The van der Waals surface area contributed by atoms with Gasteiger partial charge in [-0.25, -0.2) is 23.5 Å². The van der Waals surface area contributed by atoms with Crippen molar-refractivity contribution in [1.29, 1.82) is 0 Å². The van der Waals surface area contributed by atoms with Crippen LogP contribution in [-0.2, 0) is 6.54 Å². The molecule has 0 bridgehead atoms. The number of carboxylic acids is 1. The first-order chi connectivity index (χ1) is 16.3. The van der Waals surface area contributed by atoms with Crippen LogP contribution in [0.4, 0.5) is 14.6 Å². The summed E-state index contributed by atoms with van der Waals surface area (Å²) in [6.07, 6.45) is 1.33. The summed E-state index contributed by atoms with van der Waals surface area (Å²) in [5, 5.41) is 13.4. The van der Waals surface area contributed by atoms with E-state index < -0.39 is 17.3 Å². The first-order valence-electron chi connectivity index (χ1n) is 10.8. The highest BCUT2D eigenvalue weighted by molar-refractivity contribution is 5.92. The fourth-order valence-corrected chi connectivity index (χ4v) is 4.00. The predicted molar refractivity (Wildman–Crippen MR) is 125 cm³/mol. The molecule has 176 valence electrons. The van der Waals surface area contributed by atoms with E-state index in [0.29, 0.717) is 35.7 Å². The van der Waals surface area contributed by atoms with Gasteiger partial charge in [0, 0.05) is 35.8 Å². The molecule has 0 fully saturated rings. The Morgan fingerprint density at radius 1 is 1.12 bits per heavy atom. The van der Waals surface area contributed by atoms with Crippen molar-refractivity contribution in [3.05, 3.63) is 71.2 Å². The lowest BCUT2D eigenvalue weighted by Gasteiger charge is -2.13. The molecular formula is C25H24F2N4O3. The summed E-state index contributed by atoms with van der Waals surface area (Å²) in [7, 11) is 0. The first kappa shape index (κ1) is 23.2. The molecule has 9 heteroatoms. The Hall–Kier alpha value is -4.01. The quantitative estimate of drug-likeness (QED) is 0.371. The van der Waals surface area contributed by atoms with Crippen LogP contribution in [0.5, 0.6) is 5.75 Å². The molecule has 34 heavy (non-hydrogen) atoms. The molecule has 7 nitrogen and oxygen atoms in total. The van der Waals surface area contributed by atoms with E-state index in [1.807, 2.05) is 24.5 Å². The van der Waals surface area contributed by atoms with Gasteiger partial charge in [0.2, 0.25) is 0 Å². The van der Waals surface area contributed by atoms with Gasteiger partial charge in [0.1, 0.15) is 35.1 Å². The maximum atomic E-state index is 14.5. The van der Waals surface area contributed by atoms with Crippen molar-refractivity contribution in [3.63, 3.8) is 0 Å². The lowest BCUT2D eigenvalue weighted by molar-refractivity contribution is 0.0687. The summed E-state index contributed by atoms with van der Waals surface area (Å²) in [4.78, 5) is 19.8. The number of ether oxygens (including phenoxy) is 1. The van der Waals surface area contributed by atoms with Crippen LogP contribution in [0.3, 0.4) is 0 Å². The van der Waals surface area contributed by atoms with Crippen LogP contribution >= 0.6 is 0 Å². The predicted octanol–water partition coefficient (Wildman–Crippen LogP) is 5.20. The number of rotatable bonds is 8. The Balaban J connectivity index is 1.56. The average Bonchev–Trinajstić information content (AvgIpc) is 3.13. The Morgan fingerprint density at radius 2 is 1.91 bits per heavy atom. The molecule has 0 aliphatic heterocycles. The smallest absolute Gasteiger partial charge is 0.342 e. The molecule has 0 radical (unpaired) electrons. The number of aromatic carboxylic acids is 1. The van der Waals surface area contributed by atoms with Crippen LogP contribution in [0.1, 0.15) is 28.5 Å². The SMILES string of the molecule is CCOc1cc(-c2cc(NCCn3c(C)cc4c(C)ccc(F)c43)ncn2)cc(F)c1C(=O)O. The van der Waals surface area contributed by atoms with Crippen LogP contribution in [-0.4, -0.2) is 38.8 Å². The van der Waals surface area contributed by atoms with E-state index in [1.165, 1.54) is 18.5 Å². The lowest BCUT2D eigenvalue weighted by atomic mass is 10.1. The lowest BCUT2D eigenvalue weighted by Crippen LogP contribution is -2.13. The number of halogens is 2. The van der Waals surface area contributed by atoms with E-state index in [-0.39, 0.29) is 18.2 Å². The second-order valence-electron chi connectivity index (χ2n) is 7.85. The van der Waals surface area contributed by atoms with E-state index in [0.717, 1.165) is 22.7 Å². The van der Waals surface area contributed by atoms with Crippen molar-refractivity contribution in [3.8, 4) is 17.0 Å². The van der Waals surface area contributed by atoms with Crippen LogP contribution in [0.15, 0.2) is 42.7 Å². The number of fused-ring (bicyclic) bond motifs is 1. The molecular weight excluding hydrogens is 442 g/mol. The Kier molecular flexibility index (Phi) is 6.45. The maximum Gasteiger partial charge on any atom is 0.342 e. The zero-order chi connectivity index (χ0) is 24.4. The standard InChI is InChI=1S/C25H24F2N4O3/c1-4-34-21-11-16(10-19(27)23(21)25(32)33)20-12-22(30-13-29-20)28-7-8-31-15(3)9-17-14(2)5-6-18(26)24(17)31/h5-6,9-13H,4,7-8H2,1-3H3,(H,32,33)(H,28,29,30). The maximum absolute atomic E-state index is 14.5. The molecule has 0 amide bonds. The van der Waals surface area contributed by atoms with E-state index in [4.69, 9.17) is 4.74 Å². The minimum atomic E-state index is -1.41. The summed E-state index contributed by atoms with van der Waals surface area (Å²) in [6, 6.07) is 9.41. The van der Waals surface area contributed by atoms with Gasteiger partial charge in [0.05, 0.1) is 17.8 Å². The highest BCUT2D eigenvalue weighted by atomic mass is 19.1. The fraction of sp³-hybridized carbons (Fsp3) is 0.240. The number of carbonyl (C=O) groups is 1. The summed E-state index contributed by atoms with van der Waals surface area (Å²) in [6.45, 7) is 6.73. The Labute approximate surface area is 195 Å². The summed E-state index contributed by atoms with van der Waals surface area (Å²) < 4.78 is 36.2. The van der Waals surface area contributed by atoms with E-state index in [1.54, 1.807) is 19.1 Å². The third-order valence-electron chi connectivity index (χ3n) is 5.61. The van der Waals surface area contributed by atoms with Crippen molar-refractivity contribution in [2.45, 2.75) is 27.3 Å². The molecule has 0 saturated heterocycles. The van der Waals surface area contributed by atoms with E-state index in [2.05, 4.69) is 15.3 Å². The van der Waals surface area contributed by atoms with Crippen LogP contribution in [0, 0.1) is 25.5 Å². The minimum absolute atomic E-state index is 0.0644. The summed E-state index contributed by atoms with van der Waals surface area (Å²) in [5.41, 5.74) is 2.78. The van der Waals surface area contributed by atoms with Crippen LogP contribution < -0.4 is 10.1 Å². The first-order valence-corrected chi connectivity index (χ1v) is 10.8. The largest absolute Gasteiger partial charge is 0.493 e. The normalized spacial score (nSPS) is 11.1. The molecule has 2 aromatic carbocycles. The Morgan fingerprint density at radius 3 is 2.65 bits per heavy atom. The molecule has 0 atom stereocenters. The number of nitrogens with zero attached hydrogens (tertiary/aromatic N) is 3. The number of aryl methyl sites for hydroxylation is 2. The van der Waals surface area contributed by atoms with Crippen molar-refractivity contribution in [1.82, 2.24) is 14.5 Å². The van der Waals surface area contributed by atoms with Gasteiger partial charge >= 0.3 is 5.97 Å². The molecule has 4 aromatic rings. The zero-order valence-corrected chi connectivity index (χ0v) is 19.0. The van der Waals surface area contributed by atoms with Crippen molar-refractivity contribution in [2.24, 2.45) is 0 Å². The summed E-state index contributed by atoms with van der Waals surface area (Å²) >= 11 is 0. The molecule has 2 N–H and O–H groups in total. The molecule has 4 rings (SSSR count). The molecule has 0 aliphatic carbocycles. The molecule has 2 aromatic heterocycles. The number of hydrogen-bond acceptors (Lipinski definition) is 5. The number of aromatic nitrogens is 3. The third kappa shape index (κ3) is 4.41. The molecule has 0 aliphatic rings. The van der Waals surface area contributed by atoms with E-state index in [9.17, 15) is 18.7 Å². The average molecular weight is 466 g/mol. The number of hydrogen-bond donors (Lipinski definition) is 2.